The van der Waals surface area contributed by atoms with E-state index in [0.29, 0.717) is 29.4 Å². The SMILES string of the molecule is c1ccc(-c2cc(-c3ccccc3)nc(-n3c4ccccc4c4cc(-c5cccc6c5sc5ccccc56)ccc43)n2)cc1.c1ccc(-c2ccc(-c3cccc(-c4ccnc(-n5c6ccccc6c6c7sc8ccccc8c7ccc65)n4)c3)cc2)cc1.c1ccc(-c2nc(-c3ccccc3)nc(-c3cccc(-n4c5ccccc5c5cc(-n6c7ccccc7c7ccccc76)ccc54)c3)n2)cc1. The van der Waals surface area contributed by atoms with Gasteiger partial charge in [0.05, 0.1) is 61.2 Å². The number of aromatic nitrogens is 11. The Morgan fingerprint density at radius 2 is 0.543 bits per heavy atom. The molecule has 646 valence electrons. The summed E-state index contributed by atoms with van der Waals surface area (Å²) >= 11 is 3.73. The van der Waals surface area contributed by atoms with Crippen molar-refractivity contribution in [3.63, 3.8) is 0 Å². The molecule has 9 aromatic heterocycles. The maximum atomic E-state index is 5.17. The lowest BCUT2D eigenvalue weighted by atomic mass is 9.98. The monoisotopic (exact) mass is 1800 g/mol. The third-order valence-corrected chi connectivity index (χ3v) is 28.9. The average Bonchev–Trinajstić information content (AvgIpc) is 1.60. The highest BCUT2D eigenvalue weighted by atomic mass is 32.1. The zero-order chi connectivity index (χ0) is 91.1. The second kappa shape index (κ2) is 34.2. The van der Waals surface area contributed by atoms with E-state index in [1.165, 1.54) is 122 Å². The molecule has 0 atom stereocenters. The standard InChI is InChI=1S/C45H29N5.2C40H25N3S/c1-3-14-30(15-4-1)43-46-44(31-16-5-2-6-17-31)48-45(47-43)32-18-13-19-33(28-32)49-41-25-12-9-22-37(41)38-29-34(26-27-42(38)49)50-39-23-10-7-20-35(39)36-21-8-11-24-40(36)50;1-3-12-26(13-4-1)34-25-35(27-14-5-2-6-15-27)42-40(41-34)43-36-20-9-7-16-30(36)33-24-28(22-23-37(33)43)29-18-11-19-32-31-17-8-10-21-38(31)44-39(29)32;1-2-9-26(10-3-1)27-17-19-28(20-18-27)29-11-8-12-30(25-29)34-23-24-41-40(42-34)43-35-15-6-4-14-33(35)38-36(43)22-21-32-31-13-5-7-16-37(31)44-39(32)38/h1-29H;2*1-25H. The van der Waals surface area contributed by atoms with Crippen LogP contribution in [0.15, 0.2) is 479 Å². The second-order valence-corrected chi connectivity index (χ2v) is 36.7. The van der Waals surface area contributed by atoms with Crippen LogP contribution in [0.2, 0.25) is 0 Å². The first kappa shape index (κ1) is 80.8. The van der Waals surface area contributed by atoms with Gasteiger partial charge in [0.2, 0.25) is 11.9 Å². The molecule has 0 aliphatic carbocycles. The van der Waals surface area contributed by atoms with E-state index in [1.807, 2.05) is 114 Å². The Balaban J connectivity index is 0.000000107. The van der Waals surface area contributed by atoms with Crippen LogP contribution < -0.4 is 0 Å². The summed E-state index contributed by atoms with van der Waals surface area (Å²) in [5.41, 5.74) is 27.2. The van der Waals surface area contributed by atoms with Crippen LogP contribution in [-0.4, -0.2) is 53.2 Å². The summed E-state index contributed by atoms with van der Waals surface area (Å²) < 4.78 is 14.4. The van der Waals surface area contributed by atoms with Crippen LogP contribution in [0.3, 0.4) is 0 Å². The highest BCUT2D eigenvalue weighted by Gasteiger charge is 2.25. The molecule has 13 heteroatoms. The van der Waals surface area contributed by atoms with Crippen molar-refractivity contribution in [2.45, 2.75) is 0 Å². The van der Waals surface area contributed by atoms with Gasteiger partial charge in [-0.25, -0.2) is 34.9 Å². The Kier molecular flexibility index (Phi) is 20.0. The molecule has 28 aromatic rings. The average molecular weight is 1800 g/mol. The zero-order valence-corrected chi connectivity index (χ0v) is 76.0. The zero-order valence-electron chi connectivity index (χ0n) is 74.3. The van der Waals surface area contributed by atoms with Crippen molar-refractivity contribution in [2.75, 3.05) is 0 Å². The molecule has 0 spiro atoms. The van der Waals surface area contributed by atoms with Crippen molar-refractivity contribution in [2.24, 2.45) is 0 Å². The second-order valence-electron chi connectivity index (χ2n) is 34.6. The number of thiophene rings is 2. The molecule has 0 bridgehead atoms. The predicted octanol–water partition coefficient (Wildman–Crippen LogP) is 33.0. The molecule has 0 saturated carbocycles. The molecule has 0 aliphatic heterocycles. The third kappa shape index (κ3) is 14.3. The minimum absolute atomic E-state index is 0.633. The quantitative estimate of drug-likeness (QED) is 0.113. The van der Waals surface area contributed by atoms with Crippen molar-refractivity contribution in [3.05, 3.63) is 479 Å². The van der Waals surface area contributed by atoms with E-state index in [4.69, 9.17) is 34.9 Å². The van der Waals surface area contributed by atoms with Gasteiger partial charge in [-0.05, 0) is 143 Å². The van der Waals surface area contributed by atoms with Crippen molar-refractivity contribution < 1.29 is 0 Å². The van der Waals surface area contributed by atoms with E-state index >= 15 is 0 Å². The van der Waals surface area contributed by atoms with Crippen LogP contribution in [0.25, 0.3) is 252 Å². The van der Waals surface area contributed by atoms with Gasteiger partial charge >= 0.3 is 0 Å². The van der Waals surface area contributed by atoms with Gasteiger partial charge < -0.3 is 9.13 Å². The van der Waals surface area contributed by atoms with E-state index in [2.05, 4.69) is 407 Å². The van der Waals surface area contributed by atoms with E-state index in [1.54, 1.807) is 0 Å². The number of hydrogen-bond acceptors (Lipinski definition) is 9. The summed E-state index contributed by atoms with van der Waals surface area (Å²) in [5.74, 6) is 3.26. The van der Waals surface area contributed by atoms with Gasteiger partial charge in [0, 0.05) is 134 Å². The normalized spacial score (nSPS) is 11.6. The number of nitrogens with zero attached hydrogens (tertiary/aromatic N) is 11. The van der Waals surface area contributed by atoms with Gasteiger partial charge in [-0.1, -0.05) is 364 Å². The molecular formula is C125H79N11S2. The van der Waals surface area contributed by atoms with Gasteiger partial charge in [0.1, 0.15) is 0 Å². The highest BCUT2D eigenvalue weighted by molar-refractivity contribution is 7.27. The summed E-state index contributed by atoms with van der Waals surface area (Å²) in [6.45, 7) is 0. The molecule has 11 nitrogen and oxygen atoms in total. The number of hydrogen-bond donors (Lipinski definition) is 0. The Bertz CT molecular complexity index is 9430. The molecule has 28 rings (SSSR count). The molecule has 0 radical (unpaired) electrons. The highest BCUT2D eigenvalue weighted by Crippen LogP contribution is 2.47. The minimum Gasteiger partial charge on any atom is -0.309 e. The maximum absolute atomic E-state index is 5.17. The van der Waals surface area contributed by atoms with E-state index in [9.17, 15) is 0 Å². The van der Waals surface area contributed by atoms with E-state index < -0.39 is 0 Å². The first-order valence-electron chi connectivity index (χ1n) is 46.3. The van der Waals surface area contributed by atoms with E-state index in [0.717, 1.165) is 101 Å². The van der Waals surface area contributed by atoms with Crippen molar-refractivity contribution in [1.29, 1.82) is 0 Å². The van der Waals surface area contributed by atoms with Crippen LogP contribution in [-0.2, 0) is 0 Å². The van der Waals surface area contributed by atoms with Gasteiger partial charge in [-0.15, -0.1) is 22.7 Å². The Morgan fingerprint density at radius 3 is 1.13 bits per heavy atom. The lowest BCUT2D eigenvalue weighted by molar-refractivity contribution is 0.992. The van der Waals surface area contributed by atoms with Gasteiger partial charge in [-0.3, -0.25) is 9.13 Å². The fourth-order valence-corrected chi connectivity index (χ4v) is 22.6. The van der Waals surface area contributed by atoms with Crippen molar-refractivity contribution in [1.82, 2.24) is 53.2 Å². The molecule has 0 aliphatic rings. The topological polar surface area (TPSA) is 110 Å². The summed E-state index contributed by atoms with van der Waals surface area (Å²) in [6, 6.07) is 167. The van der Waals surface area contributed by atoms with Gasteiger partial charge in [0.25, 0.3) is 0 Å². The number of rotatable bonds is 13. The predicted molar refractivity (Wildman–Crippen MR) is 576 cm³/mol. The van der Waals surface area contributed by atoms with Gasteiger partial charge in [0.15, 0.2) is 17.5 Å². The lowest BCUT2D eigenvalue weighted by Crippen LogP contribution is -2.03. The molecule has 0 unspecified atom stereocenters. The van der Waals surface area contributed by atoms with Crippen LogP contribution in [0.1, 0.15) is 0 Å². The first-order valence-corrected chi connectivity index (χ1v) is 47.9. The first-order chi connectivity index (χ1) is 68.4. The van der Waals surface area contributed by atoms with E-state index in [-0.39, 0.29) is 0 Å². The van der Waals surface area contributed by atoms with Crippen molar-refractivity contribution >= 4 is 150 Å². The Morgan fingerprint density at radius 1 is 0.174 bits per heavy atom. The summed E-state index contributed by atoms with van der Waals surface area (Å²) in [7, 11) is 0. The Labute approximate surface area is 801 Å². The largest absolute Gasteiger partial charge is 0.309 e. The minimum atomic E-state index is 0.633. The molecule has 0 N–H and O–H groups in total. The molecule has 0 amide bonds. The van der Waals surface area contributed by atoms with Crippen LogP contribution >= 0.6 is 22.7 Å². The molecule has 0 fully saturated rings. The molecule has 0 saturated heterocycles. The molecule has 138 heavy (non-hydrogen) atoms. The molecule has 19 aromatic carbocycles. The number of benzene rings is 19. The summed E-state index contributed by atoms with van der Waals surface area (Å²) in [5, 5.41) is 15.0. The van der Waals surface area contributed by atoms with Crippen LogP contribution in [0, 0.1) is 0 Å². The van der Waals surface area contributed by atoms with Crippen LogP contribution in [0.4, 0.5) is 0 Å². The lowest BCUT2D eigenvalue weighted by Gasteiger charge is -2.12. The smallest absolute Gasteiger partial charge is 0.235 e. The van der Waals surface area contributed by atoms with Crippen LogP contribution in [0.5, 0.6) is 0 Å². The summed E-state index contributed by atoms with van der Waals surface area (Å²) in [6.07, 6.45) is 1.87. The molecule has 9 heterocycles. The van der Waals surface area contributed by atoms with Gasteiger partial charge in [-0.2, -0.15) is 0 Å². The summed E-state index contributed by atoms with van der Waals surface area (Å²) in [4.78, 5) is 35.2. The third-order valence-electron chi connectivity index (χ3n) is 26.5. The fourth-order valence-electron chi connectivity index (χ4n) is 20.1. The maximum Gasteiger partial charge on any atom is 0.235 e. The van der Waals surface area contributed by atoms with Crippen molar-refractivity contribution in [3.8, 4) is 125 Å². The Hall–Kier alpha value is -18.0. The number of para-hydroxylation sites is 5. The fraction of sp³-hybridized carbons (Fsp3) is 0. The molecular weight excluding hydrogens is 1720 g/mol. The number of fused-ring (bicyclic) bond motifs is 19.